The first kappa shape index (κ1) is 16.8. The molecule has 4 nitrogen and oxygen atoms in total. The summed E-state index contributed by atoms with van der Waals surface area (Å²) >= 11 is 7.58. The van der Waals surface area contributed by atoms with Gasteiger partial charge in [0.25, 0.3) is 5.91 Å². The van der Waals surface area contributed by atoms with Crippen molar-refractivity contribution in [3.8, 4) is 5.75 Å². The number of benzene rings is 1. The van der Waals surface area contributed by atoms with Crippen LogP contribution in [0, 0.1) is 0 Å². The van der Waals surface area contributed by atoms with Gasteiger partial charge in [-0.2, -0.15) is 11.8 Å². The zero-order valence-electron chi connectivity index (χ0n) is 12.3. The van der Waals surface area contributed by atoms with Crippen LogP contribution in [0.15, 0.2) is 47.1 Å². The van der Waals surface area contributed by atoms with Gasteiger partial charge in [-0.15, -0.1) is 0 Å². The van der Waals surface area contributed by atoms with Gasteiger partial charge in [-0.3, -0.25) is 4.79 Å². The second kappa shape index (κ2) is 8.76. The Morgan fingerprint density at radius 1 is 1.41 bits per heavy atom. The number of thioether (sulfide) groups is 1. The molecule has 2 aromatic rings. The number of carbonyl (C=O) groups is 1. The minimum Gasteiger partial charge on any atom is -0.481 e. The minimum atomic E-state index is -0.562. The maximum Gasteiger partial charge on any atom is 0.260 e. The summed E-state index contributed by atoms with van der Waals surface area (Å²) in [5.41, 5.74) is 0. The average Bonchev–Trinajstić information content (AvgIpc) is 3.00. The SMILES string of the molecule is C[C@H](Oc1cccc(Cl)c1)C(=O)NCCSCc1ccco1. The first-order chi connectivity index (χ1) is 10.6. The molecule has 2 rings (SSSR count). The van der Waals surface area contributed by atoms with Gasteiger partial charge in [-0.25, -0.2) is 0 Å². The van der Waals surface area contributed by atoms with Crippen LogP contribution in [0.25, 0.3) is 0 Å². The number of halogens is 1. The highest BCUT2D eigenvalue weighted by atomic mass is 35.5. The number of carbonyl (C=O) groups excluding carboxylic acids is 1. The van der Waals surface area contributed by atoms with Crippen molar-refractivity contribution in [2.45, 2.75) is 18.8 Å². The third-order valence-corrected chi connectivity index (χ3v) is 4.06. The molecular formula is C16H18ClNO3S. The fourth-order valence-corrected chi connectivity index (χ4v) is 2.69. The average molecular weight is 340 g/mol. The molecule has 1 N–H and O–H groups in total. The molecule has 6 heteroatoms. The number of hydrogen-bond acceptors (Lipinski definition) is 4. The number of furan rings is 1. The van der Waals surface area contributed by atoms with Gasteiger partial charge in [0.05, 0.1) is 12.0 Å². The van der Waals surface area contributed by atoms with Gasteiger partial charge in [0.1, 0.15) is 11.5 Å². The van der Waals surface area contributed by atoms with E-state index in [2.05, 4.69) is 5.32 Å². The second-order valence-corrected chi connectivity index (χ2v) is 6.18. The van der Waals surface area contributed by atoms with Crippen molar-refractivity contribution in [2.75, 3.05) is 12.3 Å². The normalized spacial score (nSPS) is 11.9. The summed E-state index contributed by atoms with van der Waals surface area (Å²) in [7, 11) is 0. The van der Waals surface area contributed by atoms with Gasteiger partial charge in [-0.1, -0.05) is 17.7 Å². The fourth-order valence-electron chi connectivity index (χ4n) is 1.76. The van der Waals surface area contributed by atoms with E-state index in [1.165, 1.54) is 0 Å². The molecule has 1 aromatic heterocycles. The predicted molar refractivity (Wildman–Crippen MR) is 89.4 cm³/mol. The lowest BCUT2D eigenvalue weighted by atomic mass is 10.3. The van der Waals surface area contributed by atoms with Crippen LogP contribution in [-0.2, 0) is 10.5 Å². The molecule has 0 aliphatic carbocycles. The topological polar surface area (TPSA) is 51.5 Å². The highest BCUT2D eigenvalue weighted by Crippen LogP contribution is 2.18. The van der Waals surface area contributed by atoms with Gasteiger partial charge < -0.3 is 14.5 Å². The molecule has 0 radical (unpaired) electrons. The van der Waals surface area contributed by atoms with Gasteiger partial charge in [-0.05, 0) is 37.3 Å². The van der Waals surface area contributed by atoms with E-state index in [-0.39, 0.29) is 5.91 Å². The summed E-state index contributed by atoms with van der Waals surface area (Å²) in [5.74, 6) is 3.00. The monoisotopic (exact) mass is 339 g/mol. The lowest BCUT2D eigenvalue weighted by Gasteiger charge is -2.14. The van der Waals surface area contributed by atoms with E-state index in [0.29, 0.717) is 17.3 Å². The molecule has 0 bridgehead atoms. The number of rotatable bonds is 8. The quantitative estimate of drug-likeness (QED) is 0.744. The first-order valence-electron chi connectivity index (χ1n) is 6.95. The van der Waals surface area contributed by atoms with Crippen molar-refractivity contribution in [2.24, 2.45) is 0 Å². The first-order valence-corrected chi connectivity index (χ1v) is 8.48. The molecule has 0 aliphatic heterocycles. The minimum absolute atomic E-state index is 0.140. The number of amides is 1. The van der Waals surface area contributed by atoms with E-state index in [0.717, 1.165) is 17.3 Å². The van der Waals surface area contributed by atoms with E-state index in [4.69, 9.17) is 20.8 Å². The molecule has 1 amide bonds. The Bertz CT molecular complexity index is 589. The van der Waals surface area contributed by atoms with E-state index in [1.54, 1.807) is 49.2 Å². The zero-order valence-corrected chi connectivity index (χ0v) is 13.8. The Kier molecular flexibility index (Phi) is 6.68. The summed E-state index contributed by atoms with van der Waals surface area (Å²) < 4.78 is 10.8. The number of nitrogens with one attached hydrogen (secondary N) is 1. The lowest BCUT2D eigenvalue weighted by Crippen LogP contribution is -2.37. The molecule has 1 aromatic carbocycles. The van der Waals surface area contributed by atoms with Gasteiger partial charge in [0, 0.05) is 17.3 Å². The Morgan fingerprint density at radius 2 is 2.27 bits per heavy atom. The van der Waals surface area contributed by atoms with Crippen LogP contribution in [0.4, 0.5) is 0 Å². The lowest BCUT2D eigenvalue weighted by molar-refractivity contribution is -0.127. The molecule has 0 spiro atoms. The highest BCUT2D eigenvalue weighted by Gasteiger charge is 2.14. The summed E-state index contributed by atoms with van der Waals surface area (Å²) in [6.07, 6.45) is 1.10. The van der Waals surface area contributed by atoms with Crippen LogP contribution in [0.2, 0.25) is 5.02 Å². The predicted octanol–water partition coefficient (Wildman–Crippen LogP) is 3.75. The molecule has 118 valence electrons. The van der Waals surface area contributed by atoms with E-state index >= 15 is 0 Å². The Labute approximate surface area is 139 Å². The maximum absolute atomic E-state index is 11.9. The summed E-state index contributed by atoms with van der Waals surface area (Å²) in [6, 6.07) is 10.8. The van der Waals surface area contributed by atoms with Gasteiger partial charge >= 0.3 is 0 Å². The molecule has 0 unspecified atom stereocenters. The number of ether oxygens (including phenoxy) is 1. The highest BCUT2D eigenvalue weighted by molar-refractivity contribution is 7.98. The summed E-state index contributed by atoms with van der Waals surface area (Å²) in [4.78, 5) is 11.9. The third-order valence-electron chi connectivity index (χ3n) is 2.85. The molecule has 0 aliphatic rings. The third kappa shape index (κ3) is 5.66. The van der Waals surface area contributed by atoms with Crippen molar-refractivity contribution in [1.82, 2.24) is 5.32 Å². The van der Waals surface area contributed by atoms with Crippen LogP contribution in [0.3, 0.4) is 0 Å². The standard InChI is InChI=1S/C16H18ClNO3S/c1-12(21-14-5-2-4-13(17)10-14)16(19)18-7-9-22-11-15-6-3-8-20-15/h2-6,8,10,12H,7,9,11H2,1H3,(H,18,19)/t12-/m0/s1. The van der Waals surface area contributed by atoms with Gasteiger partial charge in [0.2, 0.25) is 0 Å². The van der Waals surface area contributed by atoms with Crippen molar-refractivity contribution in [1.29, 1.82) is 0 Å². The van der Waals surface area contributed by atoms with E-state index in [1.807, 2.05) is 12.1 Å². The fraction of sp³-hybridized carbons (Fsp3) is 0.312. The molecule has 22 heavy (non-hydrogen) atoms. The summed E-state index contributed by atoms with van der Waals surface area (Å²) in [6.45, 7) is 2.31. The van der Waals surface area contributed by atoms with Crippen molar-refractivity contribution in [3.63, 3.8) is 0 Å². The van der Waals surface area contributed by atoms with E-state index < -0.39 is 6.10 Å². The van der Waals surface area contributed by atoms with Crippen LogP contribution < -0.4 is 10.1 Å². The van der Waals surface area contributed by atoms with Crippen LogP contribution >= 0.6 is 23.4 Å². The molecular weight excluding hydrogens is 322 g/mol. The maximum atomic E-state index is 11.9. The van der Waals surface area contributed by atoms with Crippen molar-refractivity contribution >= 4 is 29.3 Å². The van der Waals surface area contributed by atoms with Crippen molar-refractivity contribution < 1.29 is 13.9 Å². The molecule has 0 fully saturated rings. The smallest absolute Gasteiger partial charge is 0.260 e. The van der Waals surface area contributed by atoms with Crippen LogP contribution in [0.1, 0.15) is 12.7 Å². The molecule has 0 saturated carbocycles. The van der Waals surface area contributed by atoms with Gasteiger partial charge in [0.15, 0.2) is 6.10 Å². The molecule has 1 heterocycles. The van der Waals surface area contributed by atoms with Crippen molar-refractivity contribution in [3.05, 3.63) is 53.4 Å². The Balaban J connectivity index is 1.64. The Hall–Kier alpha value is -1.59. The van der Waals surface area contributed by atoms with E-state index in [9.17, 15) is 4.79 Å². The Morgan fingerprint density at radius 3 is 3.00 bits per heavy atom. The van der Waals surface area contributed by atoms with Crippen LogP contribution in [-0.4, -0.2) is 24.3 Å². The zero-order chi connectivity index (χ0) is 15.8. The summed E-state index contributed by atoms with van der Waals surface area (Å²) in [5, 5.41) is 3.43. The molecule has 1 atom stereocenters. The van der Waals surface area contributed by atoms with Crippen LogP contribution in [0.5, 0.6) is 5.75 Å². The largest absolute Gasteiger partial charge is 0.481 e. The number of hydrogen-bond donors (Lipinski definition) is 1. The molecule has 0 saturated heterocycles. The second-order valence-electron chi connectivity index (χ2n) is 4.64.